The maximum Gasteiger partial charge on any atom is 0.335 e. The molecule has 0 bridgehead atoms. The minimum absolute atomic E-state index is 0.315. The van der Waals surface area contributed by atoms with E-state index in [9.17, 15) is 4.79 Å². The summed E-state index contributed by atoms with van der Waals surface area (Å²) in [6.45, 7) is 2.62. The second kappa shape index (κ2) is 5.54. The molecule has 1 aromatic heterocycles. The van der Waals surface area contributed by atoms with Crippen LogP contribution in [-0.4, -0.2) is 11.1 Å². The van der Waals surface area contributed by atoms with Crippen molar-refractivity contribution in [2.75, 3.05) is 5.32 Å². The van der Waals surface area contributed by atoms with Crippen LogP contribution in [-0.2, 0) is 6.54 Å². The number of aromatic carboxylic acids is 1. The molecule has 0 fully saturated rings. The summed E-state index contributed by atoms with van der Waals surface area (Å²) in [5.74, 6) is -0.898. The Morgan fingerprint density at radius 3 is 2.78 bits per heavy atom. The van der Waals surface area contributed by atoms with Gasteiger partial charge in [0.1, 0.15) is 0 Å². The molecule has 0 unspecified atom stereocenters. The van der Waals surface area contributed by atoms with Crippen LogP contribution >= 0.6 is 27.3 Å². The van der Waals surface area contributed by atoms with Crippen LogP contribution in [0.15, 0.2) is 33.4 Å². The van der Waals surface area contributed by atoms with Crippen LogP contribution in [0.1, 0.15) is 21.5 Å². The zero-order valence-corrected chi connectivity index (χ0v) is 12.1. The molecule has 0 saturated heterocycles. The van der Waals surface area contributed by atoms with Crippen molar-refractivity contribution in [2.24, 2.45) is 0 Å². The Kier molecular flexibility index (Phi) is 4.04. The maximum atomic E-state index is 10.8. The van der Waals surface area contributed by atoms with Gasteiger partial charge in [-0.2, -0.15) is 11.3 Å². The number of hydrogen-bond donors (Lipinski definition) is 2. The largest absolute Gasteiger partial charge is 0.478 e. The Morgan fingerprint density at radius 1 is 1.44 bits per heavy atom. The molecule has 1 aromatic carbocycles. The molecule has 0 aliphatic carbocycles. The Labute approximate surface area is 118 Å². The summed E-state index contributed by atoms with van der Waals surface area (Å²) >= 11 is 5.13. The van der Waals surface area contributed by atoms with E-state index in [-0.39, 0.29) is 0 Å². The number of benzene rings is 1. The minimum Gasteiger partial charge on any atom is -0.478 e. The van der Waals surface area contributed by atoms with Gasteiger partial charge in [0.05, 0.1) is 5.56 Å². The standard InChI is InChI=1S/C13H12BrNO2S/c1-8-4-9(13(16)17)2-3-12(8)15-5-10-6-18-7-11(10)14/h2-4,6-7,15H,5H2,1H3,(H,16,17). The average Bonchev–Trinajstić information content (AvgIpc) is 2.73. The molecule has 0 amide bonds. The van der Waals surface area contributed by atoms with Crippen LogP contribution in [0.3, 0.4) is 0 Å². The van der Waals surface area contributed by atoms with E-state index in [1.165, 1.54) is 5.56 Å². The smallest absolute Gasteiger partial charge is 0.335 e. The van der Waals surface area contributed by atoms with E-state index < -0.39 is 5.97 Å². The van der Waals surface area contributed by atoms with Crippen LogP contribution in [0.25, 0.3) is 0 Å². The van der Waals surface area contributed by atoms with Crippen LogP contribution in [0, 0.1) is 6.92 Å². The van der Waals surface area contributed by atoms with Gasteiger partial charge in [0.15, 0.2) is 0 Å². The predicted molar refractivity (Wildman–Crippen MR) is 77.5 cm³/mol. The number of thiophene rings is 1. The van der Waals surface area contributed by atoms with Gasteiger partial charge in [0.25, 0.3) is 0 Å². The third-order valence-electron chi connectivity index (χ3n) is 2.63. The molecule has 2 N–H and O–H groups in total. The van der Waals surface area contributed by atoms with Gasteiger partial charge >= 0.3 is 5.97 Å². The summed E-state index contributed by atoms with van der Waals surface area (Å²) in [5.41, 5.74) is 3.40. The molecular formula is C13H12BrNO2S. The van der Waals surface area contributed by atoms with Crippen molar-refractivity contribution in [1.29, 1.82) is 0 Å². The predicted octanol–water partition coefficient (Wildman–Crippen LogP) is 4.13. The highest BCUT2D eigenvalue weighted by molar-refractivity contribution is 9.10. The summed E-state index contributed by atoms with van der Waals surface area (Å²) in [4.78, 5) is 10.8. The normalized spacial score (nSPS) is 10.3. The third-order valence-corrected chi connectivity index (χ3v) is 4.46. The van der Waals surface area contributed by atoms with Crippen LogP contribution in [0.4, 0.5) is 5.69 Å². The number of anilines is 1. The molecule has 1 heterocycles. The van der Waals surface area contributed by atoms with E-state index in [2.05, 4.69) is 26.6 Å². The summed E-state index contributed by atoms with van der Waals surface area (Å²) in [7, 11) is 0. The van der Waals surface area contributed by atoms with Gasteiger partial charge in [-0.1, -0.05) is 0 Å². The Balaban J connectivity index is 2.11. The van der Waals surface area contributed by atoms with E-state index in [0.717, 1.165) is 22.3 Å². The van der Waals surface area contributed by atoms with Crippen molar-refractivity contribution in [3.8, 4) is 0 Å². The van der Waals surface area contributed by atoms with E-state index in [1.54, 1.807) is 29.5 Å². The molecule has 18 heavy (non-hydrogen) atoms. The monoisotopic (exact) mass is 325 g/mol. The number of carboxylic acids is 1. The van der Waals surface area contributed by atoms with E-state index in [0.29, 0.717) is 5.56 Å². The van der Waals surface area contributed by atoms with Gasteiger partial charge in [0, 0.05) is 22.1 Å². The number of nitrogens with one attached hydrogen (secondary N) is 1. The third kappa shape index (κ3) is 2.91. The SMILES string of the molecule is Cc1cc(C(=O)O)ccc1NCc1cscc1Br. The van der Waals surface area contributed by atoms with Crippen molar-refractivity contribution in [1.82, 2.24) is 0 Å². The van der Waals surface area contributed by atoms with Gasteiger partial charge in [0.2, 0.25) is 0 Å². The van der Waals surface area contributed by atoms with Crippen LogP contribution in [0.2, 0.25) is 0 Å². The molecule has 0 aliphatic rings. The van der Waals surface area contributed by atoms with Crippen molar-refractivity contribution in [2.45, 2.75) is 13.5 Å². The number of rotatable bonds is 4. The van der Waals surface area contributed by atoms with Gasteiger partial charge < -0.3 is 10.4 Å². The van der Waals surface area contributed by atoms with Gasteiger partial charge in [-0.25, -0.2) is 4.79 Å². The fourth-order valence-corrected chi connectivity index (χ4v) is 3.06. The number of hydrogen-bond acceptors (Lipinski definition) is 3. The summed E-state index contributed by atoms with van der Waals surface area (Å²) in [6.07, 6.45) is 0. The zero-order valence-electron chi connectivity index (χ0n) is 9.74. The summed E-state index contributed by atoms with van der Waals surface area (Å²) in [6, 6.07) is 5.09. The molecule has 2 aromatic rings. The summed E-state index contributed by atoms with van der Waals surface area (Å²) in [5, 5.41) is 16.3. The highest BCUT2D eigenvalue weighted by Crippen LogP contribution is 2.23. The first-order chi connectivity index (χ1) is 8.58. The average molecular weight is 326 g/mol. The first kappa shape index (κ1) is 13.1. The minimum atomic E-state index is -0.898. The summed E-state index contributed by atoms with van der Waals surface area (Å²) < 4.78 is 1.10. The van der Waals surface area contributed by atoms with E-state index in [1.807, 2.05) is 12.3 Å². The second-order valence-electron chi connectivity index (χ2n) is 3.93. The lowest BCUT2D eigenvalue weighted by atomic mass is 10.1. The first-order valence-electron chi connectivity index (χ1n) is 5.36. The Morgan fingerprint density at radius 2 is 2.22 bits per heavy atom. The topological polar surface area (TPSA) is 49.3 Å². The lowest BCUT2D eigenvalue weighted by Crippen LogP contribution is -2.03. The highest BCUT2D eigenvalue weighted by atomic mass is 79.9. The molecule has 0 atom stereocenters. The second-order valence-corrected chi connectivity index (χ2v) is 5.53. The van der Waals surface area contributed by atoms with E-state index in [4.69, 9.17) is 5.11 Å². The molecule has 2 rings (SSSR count). The van der Waals surface area contributed by atoms with Crippen molar-refractivity contribution in [3.05, 3.63) is 50.1 Å². The zero-order chi connectivity index (χ0) is 13.1. The quantitative estimate of drug-likeness (QED) is 0.888. The molecule has 0 radical (unpaired) electrons. The molecule has 94 valence electrons. The van der Waals surface area contributed by atoms with Crippen molar-refractivity contribution >= 4 is 38.9 Å². The molecule has 0 spiro atoms. The number of halogens is 1. The van der Waals surface area contributed by atoms with Crippen LogP contribution in [0.5, 0.6) is 0 Å². The van der Waals surface area contributed by atoms with Crippen molar-refractivity contribution in [3.63, 3.8) is 0 Å². The Hall–Kier alpha value is -1.33. The van der Waals surface area contributed by atoms with Gasteiger partial charge in [-0.15, -0.1) is 0 Å². The maximum absolute atomic E-state index is 10.8. The molecule has 5 heteroatoms. The molecule has 0 saturated carbocycles. The molecule has 0 aliphatic heterocycles. The highest BCUT2D eigenvalue weighted by Gasteiger charge is 2.06. The Bertz CT molecular complexity index is 580. The van der Waals surface area contributed by atoms with Gasteiger partial charge in [-0.05, 0) is 57.6 Å². The first-order valence-corrected chi connectivity index (χ1v) is 7.10. The molecule has 3 nitrogen and oxygen atoms in total. The fraction of sp³-hybridized carbons (Fsp3) is 0.154. The number of carboxylic acid groups (broad SMARTS) is 1. The van der Waals surface area contributed by atoms with Crippen molar-refractivity contribution < 1.29 is 9.90 Å². The lowest BCUT2D eigenvalue weighted by molar-refractivity contribution is 0.0697. The number of aryl methyl sites for hydroxylation is 1. The van der Waals surface area contributed by atoms with Crippen LogP contribution < -0.4 is 5.32 Å². The fourth-order valence-electron chi connectivity index (χ4n) is 1.62. The van der Waals surface area contributed by atoms with E-state index >= 15 is 0 Å². The molecular weight excluding hydrogens is 314 g/mol. The lowest BCUT2D eigenvalue weighted by Gasteiger charge is -2.09. The number of carbonyl (C=O) groups is 1. The van der Waals surface area contributed by atoms with Gasteiger partial charge in [-0.3, -0.25) is 0 Å².